The molecule has 2 aliphatic carbocycles. The second-order valence-corrected chi connectivity index (χ2v) is 8.64. The van der Waals surface area contributed by atoms with Crippen LogP contribution < -0.4 is 0 Å². The molecule has 0 aromatic rings. The minimum absolute atomic E-state index is 0.191. The van der Waals surface area contributed by atoms with Crippen molar-refractivity contribution in [3.8, 4) is 0 Å². The van der Waals surface area contributed by atoms with Gasteiger partial charge in [0.05, 0.1) is 21.5 Å². The van der Waals surface area contributed by atoms with Crippen molar-refractivity contribution in [3.63, 3.8) is 0 Å². The molecular weight excluding hydrogens is 392 g/mol. The van der Waals surface area contributed by atoms with Crippen molar-refractivity contribution in [2.24, 2.45) is 17.3 Å². The smallest absolute Gasteiger partial charge is 0.116 e. The third-order valence-electron chi connectivity index (χ3n) is 3.89. The standard InChI is InChI=1S/C9H8Cl8/c10-3-1-2(7(14)15)9(5(3)12,8(16)17)6(13)4(1)11/h1-8H/t1?,2-,3+,4+,5-,6-,9?/m0/s1. The molecule has 2 aliphatic rings. The average Bonchev–Trinajstić information content (AvgIpc) is 2.60. The first kappa shape index (κ1) is 15.7. The van der Waals surface area contributed by atoms with E-state index in [0.717, 1.165) is 0 Å². The van der Waals surface area contributed by atoms with Crippen molar-refractivity contribution in [1.29, 1.82) is 0 Å². The molecule has 5 atom stereocenters. The van der Waals surface area contributed by atoms with E-state index in [1.54, 1.807) is 0 Å². The fraction of sp³-hybridized carbons (Fsp3) is 1.00. The molecule has 100 valence electrons. The van der Waals surface area contributed by atoms with E-state index in [4.69, 9.17) is 92.8 Å². The van der Waals surface area contributed by atoms with Gasteiger partial charge in [-0.2, -0.15) is 0 Å². The summed E-state index contributed by atoms with van der Waals surface area (Å²) in [5.74, 6) is -0.496. The molecule has 0 saturated heterocycles. The molecule has 17 heavy (non-hydrogen) atoms. The van der Waals surface area contributed by atoms with Crippen LogP contribution in [0.25, 0.3) is 0 Å². The number of fused-ring (bicyclic) bond motifs is 2. The van der Waals surface area contributed by atoms with Crippen LogP contribution in [0, 0.1) is 17.3 Å². The van der Waals surface area contributed by atoms with Crippen molar-refractivity contribution < 1.29 is 0 Å². The predicted octanol–water partition coefficient (Wildman–Crippen LogP) is 5.27. The Labute approximate surface area is 140 Å². The van der Waals surface area contributed by atoms with Crippen LogP contribution in [0.3, 0.4) is 0 Å². The summed E-state index contributed by atoms with van der Waals surface area (Å²) < 4.78 is 0. The zero-order valence-corrected chi connectivity index (χ0v) is 14.2. The fourth-order valence-electron chi connectivity index (χ4n) is 3.14. The molecule has 0 amide bonds. The van der Waals surface area contributed by atoms with Crippen LogP contribution in [0.15, 0.2) is 0 Å². The normalized spacial score (nSPS) is 54.0. The fourth-order valence-corrected chi connectivity index (χ4v) is 7.36. The van der Waals surface area contributed by atoms with Crippen LogP contribution in [0.4, 0.5) is 0 Å². The molecule has 0 nitrogen and oxygen atoms in total. The Morgan fingerprint density at radius 2 is 1.18 bits per heavy atom. The molecule has 2 saturated carbocycles. The molecule has 0 spiro atoms. The van der Waals surface area contributed by atoms with E-state index in [2.05, 4.69) is 0 Å². The number of hydrogen-bond acceptors (Lipinski definition) is 0. The second kappa shape index (κ2) is 5.26. The van der Waals surface area contributed by atoms with Crippen molar-refractivity contribution >= 4 is 92.8 Å². The summed E-state index contributed by atoms with van der Waals surface area (Å²) >= 11 is 49.5. The minimum Gasteiger partial charge on any atom is -0.121 e. The van der Waals surface area contributed by atoms with Crippen molar-refractivity contribution in [3.05, 3.63) is 0 Å². The predicted molar refractivity (Wildman–Crippen MR) is 79.0 cm³/mol. The van der Waals surface area contributed by atoms with Gasteiger partial charge in [0, 0.05) is 17.3 Å². The number of rotatable bonds is 2. The topological polar surface area (TPSA) is 0 Å². The highest BCUT2D eigenvalue weighted by atomic mass is 35.5. The van der Waals surface area contributed by atoms with Crippen LogP contribution in [-0.2, 0) is 0 Å². The van der Waals surface area contributed by atoms with Gasteiger partial charge in [-0.05, 0) is 0 Å². The molecule has 0 aliphatic heterocycles. The van der Waals surface area contributed by atoms with Crippen LogP contribution in [0.5, 0.6) is 0 Å². The molecule has 0 aromatic carbocycles. The van der Waals surface area contributed by atoms with Crippen molar-refractivity contribution in [2.45, 2.75) is 31.2 Å². The van der Waals surface area contributed by atoms with Gasteiger partial charge in [0.15, 0.2) is 0 Å². The van der Waals surface area contributed by atoms with Crippen LogP contribution in [-0.4, -0.2) is 31.2 Å². The molecule has 2 bridgehead atoms. The summed E-state index contributed by atoms with van der Waals surface area (Å²) in [5, 5.41) is -1.79. The molecule has 2 fully saturated rings. The van der Waals surface area contributed by atoms with Gasteiger partial charge in [0.25, 0.3) is 0 Å². The van der Waals surface area contributed by atoms with Gasteiger partial charge < -0.3 is 0 Å². The van der Waals surface area contributed by atoms with E-state index in [9.17, 15) is 0 Å². The highest BCUT2D eigenvalue weighted by Gasteiger charge is 2.75. The Morgan fingerprint density at radius 3 is 1.41 bits per heavy atom. The Hall–Kier alpha value is 2.32. The van der Waals surface area contributed by atoms with E-state index in [-0.39, 0.29) is 22.6 Å². The Bertz CT molecular complexity index is 289. The monoisotopic (exact) mass is 396 g/mol. The summed E-state index contributed by atoms with van der Waals surface area (Å²) in [6.45, 7) is 0. The van der Waals surface area contributed by atoms with Gasteiger partial charge in [0.2, 0.25) is 0 Å². The molecule has 0 aromatic heterocycles. The Kier molecular flexibility index (Phi) is 4.86. The lowest BCUT2D eigenvalue weighted by Crippen LogP contribution is -2.50. The molecule has 0 heterocycles. The number of halogens is 8. The summed E-state index contributed by atoms with van der Waals surface area (Å²) in [7, 11) is 0. The zero-order valence-electron chi connectivity index (χ0n) is 8.14. The van der Waals surface area contributed by atoms with Gasteiger partial charge in [-0.15, -0.1) is 92.8 Å². The Morgan fingerprint density at radius 1 is 0.765 bits per heavy atom. The summed E-state index contributed by atoms with van der Waals surface area (Å²) in [5.41, 5.74) is -0.857. The molecule has 0 N–H and O–H groups in total. The summed E-state index contributed by atoms with van der Waals surface area (Å²) in [6, 6.07) is 0. The summed E-state index contributed by atoms with van der Waals surface area (Å²) in [6.07, 6.45) is 0. The summed E-state index contributed by atoms with van der Waals surface area (Å²) in [4.78, 5) is -1.54. The van der Waals surface area contributed by atoms with Gasteiger partial charge in [-0.3, -0.25) is 0 Å². The van der Waals surface area contributed by atoms with E-state index in [1.165, 1.54) is 0 Å². The maximum Gasteiger partial charge on any atom is 0.116 e. The van der Waals surface area contributed by atoms with Gasteiger partial charge in [0.1, 0.15) is 9.67 Å². The van der Waals surface area contributed by atoms with Crippen LogP contribution in [0.2, 0.25) is 0 Å². The largest absolute Gasteiger partial charge is 0.121 e. The Balaban J connectivity index is 2.54. The molecule has 2 rings (SSSR count). The van der Waals surface area contributed by atoms with E-state index < -0.39 is 25.8 Å². The third-order valence-corrected chi connectivity index (χ3v) is 7.83. The minimum atomic E-state index is -0.857. The first-order valence-electron chi connectivity index (χ1n) is 4.90. The van der Waals surface area contributed by atoms with Gasteiger partial charge in [-0.25, -0.2) is 0 Å². The average molecular weight is 400 g/mol. The maximum absolute atomic E-state index is 6.35. The SMILES string of the molecule is ClC(Cl)[C@@H]1C2[C@@H](Cl)[C@H](Cl)C1(C(Cl)Cl)[C@@H](Cl)[C@@H]2Cl. The van der Waals surface area contributed by atoms with Gasteiger partial charge in [-0.1, -0.05) is 0 Å². The molecular formula is C9H8Cl8. The third kappa shape index (κ3) is 1.93. The first-order chi connectivity index (χ1) is 7.77. The first-order valence-corrected chi connectivity index (χ1v) is 8.39. The number of alkyl halides is 8. The highest BCUT2D eigenvalue weighted by molar-refractivity contribution is 6.48. The lowest BCUT2D eigenvalue weighted by atomic mass is 9.80. The van der Waals surface area contributed by atoms with Crippen molar-refractivity contribution in [1.82, 2.24) is 0 Å². The lowest BCUT2D eigenvalue weighted by molar-refractivity contribution is 0.264. The zero-order chi connectivity index (χ0) is 13.1. The van der Waals surface area contributed by atoms with E-state index in [0.29, 0.717) is 0 Å². The molecule has 0 radical (unpaired) electrons. The number of hydrogen-bond donors (Lipinski definition) is 0. The van der Waals surface area contributed by atoms with Crippen LogP contribution >= 0.6 is 92.8 Å². The quantitative estimate of drug-likeness (QED) is 0.555. The van der Waals surface area contributed by atoms with E-state index >= 15 is 0 Å². The molecule has 8 heteroatoms. The second-order valence-electron chi connectivity index (χ2n) is 4.43. The highest BCUT2D eigenvalue weighted by Crippen LogP contribution is 2.69. The van der Waals surface area contributed by atoms with E-state index in [1.807, 2.05) is 0 Å². The maximum atomic E-state index is 6.35. The van der Waals surface area contributed by atoms with Crippen LogP contribution in [0.1, 0.15) is 0 Å². The molecule has 0 unspecified atom stereocenters. The van der Waals surface area contributed by atoms with Crippen molar-refractivity contribution in [2.75, 3.05) is 0 Å². The van der Waals surface area contributed by atoms with Gasteiger partial charge >= 0.3 is 0 Å². The lowest BCUT2D eigenvalue weighted by Gasteiger charge is -2.41.